The molecule has 28 heavy (non-hydrogen) atoms. The Balaban J connectivity index is 1.47. The van der Waals surface area contributed by atoms with Crippen LogP contribution in [0.3, 0.4) is 0 Å². The molecule has 142 valence electrons. The Hall–Kier alpha value is -2.86. The van der Waals surface area contributed by atoms with Crippen LogP contribution in [0.5, 0.6) is 0 Å². The highest BCUT2D eigenvalue weighted by atomic mass is 32.2. The van der Waals surface area contributed by atoms with Crippen molar-refractivity contribution in [2.75, 3.05) is 11.1 Å². The van der Waals surface area contributed by atoms with Crippen LogP contribution in [-0.2, 0) is 10.2 Å². The predicted octanol–water partition coefficient (Wildman–Crippen LogP) is 4.91. The average molecular weight is 391 g/mol. The van der Waals surface area contributed by atoms with E-state index in [0.717, 1.165) is 22.2 Å². The minimum atomic E-state index is -0.0644. The summed E-state index contributed by atoms with van der Waals surface area (Å²) in [6.07, 6.45) is 0. The van der Waals surface area contributed by atoms with Gasteiger partial charge >= 0.3 is 0 Å². The summed E-state index contributed by atoms with van der Waals surface area (Å²) in [5.41, 5.74) is 3.94. The first kappa shape index (κ1) is 18.5. The fraction of sp³-hybridized carbons (Fsp3) is 0.227. The monoisotopic (exact) mass is 390 g/mol. The van der Waals surface area contributed by atoms with Gasteiger partial charge in [0.05, 0.1) is 11.3 Å². The Kier molecular flexibility index (Phi) is 4.81. The maximum absolute atomic E-state index is 12.4. The lowest BCUT2D eigenvalue weighted by Gasteiger charge is -2.19. The molecule has 6 heteroatoms. The molecule has 0 aliphatic carbocycles. The van der Waals surface area contributed by atoms with Crippen molar-refractivity contribution in [3.8, 4) is 0 Å². The number of fused-ring (bicyclic) bond motifs is 3. The van der Waals surface area contributed by atoms with E-state index in [1.165, 1.54) is 17.3 Å². The Morgan fingerprint density at radius 3 is 2.50 bits per heavy atom. The molecular weight excluding hydrogens is 368 g/mol. The smallest absolute Gasteiger partial charge is 0.234 e. The number of para-hydroxylation sites is 1. The van der Waals surface area contributed by atoms with E-state index in [0.29, 0.717) is 5.16 Å². The Morgan fingerprint density at radius 2 is 1.75 bits per heavy atom. The number of pyridine rings is 1. The van der Waals surface area contributed by atoms with Crippen molar-refractivity contribution >= 4 is 39.9 Å². The lowest BCUT2D eigenvalue weighted by molar-refractivity contribution is -0.113. The van der Waals surface area contributed by atoms with Crippen LogP contribution in [0.2, 0.25) is 0 Å². The van der Waals surface area contributed by atoms with Gasteiger partial charge in [0.15, 0.2) is 10.8 Å². The van der Waals surface area contributed by atoms with E-state index in [4.69, 9.17) is 0 Å². The zero-order valence-electron chi connectivity index (χ0n) is 16.1. The van der Waals surface area contributed by atoms with Crippen LogP contribution < -0.4 is 5.32 Å². The van der Waals surface area contributed by atoms with Gasteiger partial charge in [0.1, 0.15) is 0 Å². The zero-order chi connectivity index (χ0) is 19.7. The van der Waals surface area contributed by atoms with Crippen LogP contribution in [0.4, 0.5) is 5.69 Å². The van der Waals surface area contributed by atoms with Crippen molar-refractivity contribution in [2.45, 2.75) is 31.3 Å². The molecule has 4 aromatic rings. The second kappa shape index (κ2) is 7.28. The zero-order valence-corrected chi connectivity index (χ0v) is 17.0. The number of rotatable bonds is 4. The highest BCUT2D eigenvalue weighted by Gasteiger charge is 2.14. The molecule has 1 N–H and O–H groups in total. The van der Waals surface area contributed by atoms with Gasteiger partial charge in [0.2, 0.25) is 5.91 Å². The number of thioether (sulfide) groups is 1. The molecule has 0 aliphatic heterocycles. The molecule has 0 fully saturated rings. The molecular formula is C22H22N4OS. The molecule has 2 heterocycles. The number of hydrogen-bond acceptors (Lipinski definition) is 4. The topological polar surface area (TPSA) is 59.3 Å². The van der Waals surface area contributed by atoms with E-state index in [1.807, 2.05) is 46.9 Å². The number of nitrogens with zero attached hydrogens (tertiary/aromatic N) is 3. The van der Waals surface area contributed by atoms with Gasteiger partial charge in [0.25, 0.3) is 0 Å². The van der Waals surface area contributed by atoms with E-state index < -0.39 is 0 Å². The number of anilines is 1. The quantitative estimate of drug-likeness (QED) is 0.503. The van der Waals surface area contributed by atoms with Crippen molar-refractivity contribution in [1.29, 1.82) is 0 Å². The summed E-state index contributed by atoms with van der Waals surface area (Å²) in [6, 6.07) is 20.1. The molecule has 0 aliphatic rings. The number of hydrogen-bond donors (Lipinski definition) is 1. The summed E-state index contributed by atoms with van der Waals surface area (Å²) in [5.74, 6) is 0.205. The van der Waals surface area contributed by atoms with E-state index in [-0.39, 0.29) is 17.1 Å². The van der Waals surface area contributed by atoms with Gasteiger partial charge in [-0.1, -0.05) is 62.9 Å². The molecule has 0 atom stereocenters. The largest absolute Gasteiger partial charge is 0.325 e. The third-order valence-electron chi connectivity index (χ3n) is 4.62. The summed E-state index contributed by atoms with van der Waals surface area (Å²) in [7, 11) is 0. The van der Waals surface area contributed by atoms with Crippen molar-refractivity contribution in [3.63, 3.8) is 0 Å². The normalized spacial score (nSPS) is 11.8. The highest BCUT2D eigenvalue weighted by molar-refractivity contribution is 7.99. The van der Waals surface area contributed by atoms with E-state index >= 15 is 0 Å². The molecule has 0 unspecified atom stereocenters. The first-order chi connectivity index (χ1) is 13.4. The first-order valence-electron chi connectivity index (χ1n) is 9.18. The van der Waals surface area contributed by atoms with E-state index in [2.05, 4.69) is 54.5 Å². The van der Waals surface area contributed by atoms with Gasteiger partial charge in [-0.3, -0.25) is 9.20 Å². The van der Waals surface area contributed by atoms with Gasteiger partial charge in [-0.2, -0.15) is 0 Å². The third-order valence-corrected chi connectivity index (χ3v) is 5.54. The fourth-order valence-corrected chi connectivity index (χ4v) is 3.84. The van der Waals surface area contributed by atoms with Gasteiger partial charge in [-0.05, 0) is 46.7 Å². The summed E-state index contributed by atoms with van der Waals surface area (Å²) >= 11 is 1.38. The molecule has 0 spiro atoms. The lowest BCUT2D eigenvalue weighted by atomic mass is 9.87. The summed E-state index contributed by atoms with van der Waals surface area (Å²) in [6.45, 7) is 6.51. The van der Waals surface area contributed by atoms with Crippen LogP contribution in [0.25, 0.3) is 16.6 Å². The number of benzene rings is 2. The molecule has 2 aromatic carbocycles. The maximum atomic E-state index is 12.4. The molecule has 0 bridgehead atoms. The Bertz CT molecular complexity index is 1140. The van der Waals surface area contributed by atoms with Gasteiger partial charge < -0.3 is 5.32 Å². The maximum Gasteiger partial charge on any atom is 0.234 e. The summed E-state index contributed by atoms with van der Waals surface area (Å²) < 4.78 is 1.99. The standard InChI is InChI=1S/C22H22N4OS/c1-22(2,3)16-9-11-17(12-10-16)23-20(27)14-28-21-25-24-19-13-8-15-6-4-5-7-18(15)26(19)21/h4-13H,14H2,1-3H3,(H,23,27). The minimum absolute atomic E-state index is 0.0644. The number of carbonyl (C=O) groups excluding carboxylic acids is 1. The van der Waals surface area contributed by atoms with Crippen molar-refractivity contribution < 1.29 is 4.79 Å². The predicted molar refractivity (Wildman–Crippen MR) is 115 cm³/mol. The highest BCUT2D eigenvalue weighted by Crippen LogP contribution is 2.25. The van der Waals surface area contributed by atoms with Gasteiger partial charge in [-0.25, -0.2) is 0 Å². The van der Waals surface area contributed by atoms with Crippen LogP contribution in [0, 0.1) is 0 Å². The Labute approximate surface area is 168 Å². The van der Waals surface area contributed by atoms with Crippen molar-refractivity contribution in [2.24, 2.45) is 0 Å². The fourth-order valence-electron chi connectivity index (χ4n) is 3.09. The number of carbonyl (C=O) groups is 1. The molecule has 5 nitrogen and oxygen atoms in total. The molecule has 4 rings (SSSR count). The molecule has 0 radical (unpaired) electrons. The van der Waals surface area contributed by atoms with Gasteiger partial charge in [-0.15, -0.1) is 10.2 Å². The SMILES string of the molecule is CC(C)(C)c1ccc(NC(=O)CSc2nnc3ccc4ccccc4n23)cc1. The third kappa shape index (κ3) is 3.73. The van der Waals surface area contributed by atoms with Crippen LogP contribution in [0.15, 0.2) is 65.8 Å². The number of nitrogens with one attached hydrogen (secondary N) is 1. The minimum Gasteiger partial charge on any atom is -0.325 e. The van der Waals surface area contributed by atoms with E-state index in [1.54, 1.807) is 0 Å². The van der Waals surface area contributed by atoms with Crippen LogP contribution in [0.1, 0.15) is 26.3 Å². The Morgan fingerprint density at radius 1 is 1.00 bits per heavy atom. The molecule has 1 amide bonds. The number of amides is 1. The van der Waals surface area contributed by atoms with Crippen LogP contribution >= 0.6 is 11.8 Å². The average Bonchev–Trinajstić information content (AvgIpc) is 3.10. The number of aromatic nitrogens is 3. The molecule has 0 saturated heterocycles. The van der Waals surface area contributed by atoms with Crippen molar-refractivity contribution in [1.82, 2.24) is 14.6 Å². The molecule has 0 saturated carbocycles. The summed E-state index contributed by atoms with van der Waals surface area (Å²) in [4.78, 5) is 12.4. The second-order valence-electron chi connectivity index (χ2n) is 7.73. The van der Waals surface area contributed by atoms with Crippen LogP contribution in [-0.4, -0.2) is 26.3 Å². The van der Waals surface area contributed by atoms with Gasteiger partial charge in [0, 0.05) is 5.69 Å². The first-order valence-corrected chi connectivity index (χ1v) is 10.2. The second-order valence-corrected chi connectivity index (χ2v) is 8.68. The van der Waals surface area contributed by atoms with Crippen molar-refractivity contribution in [3.05, 3.63) is 66.2 Å². The molecule has 2 aromatic heterocycles. The summed E-state index contributed by atoms with van der Waals surface area (Å²) in [5, 5.41) is 13.3. The lowest BCUT2D eigenvalue weighted by Crippen LogP contribution is -2.15. The van der Waals surface area contributed by atoms with E-state index in [9.17, 15) is 4.79 Å².